The molecule has 0 bridgehead atoms. The Morgan fingerprint density at radius 1 is 1.27 bits per heavy atom. The number of esters is 2. The molecule has 4 heteroatoms. The first kappa shape index (κ1) is 13.5. The van der Waals surface area contributed by atoms with Crippen LogP contribution in [0.1, 0.15) is 34.6 Å². The number of rotatable bonds is 1. The maximum absolute atomic E-state index is 11.1. The van der Waals surface area contributed by atoms with Gasteiger partial charge in [-0.1, -0.05) is 0 Å². The predicted molar refractivity (Wildman–Crippen MR) is 54.8 cm³/mol. The lowest BCUT2D eigenvalue weighted by atomic mass is 10.2. The maximum atomic E-state index is 11.1. The third-order valence-electron chi connectivity index (χ3n) is 1.12. The lowest BCUT2D eigenvalue weighted by molar-refractivity contribution is -0.148. The summed E-state index contributed by atoms with van der Waals surface area (Å²) in [6.07, 6.45) is -0.602. The molecule has 4 nitrogen and oxygen atoms in total. The van der Waals surface area contributed by atoms with E-state index < -0.39 is 23.6 Å². The highest BCUT2D eigenvalue weighted by Crippen LogP contribution is 2.06. The van der Waals surface area contributed by atoms with Gasteiger partial charge in [0.05, 0.1) is 0 Å². The molecule has 0 unspecified atom stereocenters. The predicted octanol–water partition coefficient (Wildman–Crippen LogP) is 1.28. The van der Waals surface area contributed by atoms with Gasteiger partial charge in [-0.3, -0.25) is 4.79 Å². The standard InChI is InChI=1S/C11H16O4/c1-8(14-9(2)12)6-7-10(13)15-11(3,4)5/h8H,1-5H3/t8-/m0/s1. The second kappa shape index (κ2) is 5.40. The first-order valence-corrected chi connectivity index (χ1v) is 4.62. The van der Waals surface area contributed by atoms with E-state index in [2.05, 4.69) is 11.8 Å². The molecular formula is C11H16O4. The Morgan fingerprint density at radius 2 is 1.80 bits per heavy atom. The summed E-state index contributed by atoms with van der Waals surface area (Å²) in [7, 11) is 0. The lowest BCUT2D eigenvalue weighted by Gasteiger charge is -2.17. The van der Waals surface area contributed by atoms with Gasteiger partial charge in [-0.2, -0.15) is 0 Å². The van der Waals surface area contributed by atoms with E-state index in [1.54, 1.807) is 27.7 Å². The van der Waals surface area contributed by atoms with Gasteiger partial charge >= 0.3 is 11.9 Å². The molecule has 84 valence electrons. The first-order chi connectivity index (χ1) is 6.70. The van der Waals surface area contributed by atoms with Crippen LogP contribution in [0.25, 0.3) is 0 Å². The molecule has 1 atom stereocenters. The molecule has 0 aliphatic rings. The zero-order valence-corrected chi connectivity index (χ0v) is 9.71. The topological polar surface area (TPSA) is 52.6 Å². The van der Waals surface area contributed by atoms with Gasteiger partial charge in [-0.05, 0) is 33.6 Å². The third-order valence-corrected chi connectivity index (χ3v) is 1.12. The van der Waals surface area contributed by atoms with Crippen molar-refractivity contribution >= 4 is 11.9 Å². The van der Waals surface area contributed by atoms with Gasteiger partial charge in [-0.15, -0.1) is 0 Å². The Hall–Kier alpha value is -1.50. The van der Waals surface area contributed by atoms with Crippen molar-refractivity contribution in [2.75, 3.05) is 0 Å². The van der Waals surface area contributed by atoms with E-state index >= 15 is 0 Å². The van der Waals surface area contributed by atoms with Crippen LogP contribution >= 0.6 is 0 Å². The molecule has 0 N–H and O–H groups in total. The molecule has 0 rings (SSSR count). The fourth-order valence-corrected chi connectivity index (χ4v) is 0.743. The second-order valence-corrected chi connectivity index (χ2v) is 4.02. The Balaban J connectivity index is 4.17. The van der Waals surface area contributed by atoms with Gasteiger partial charge in [0.1, 0.15) is 5.60 Å². The van der Waals surface area contributed by atoms with Crippen molar-refractivity contribution in [3.8, 4) is 11.8 Å². The van der Waals surface area contributed by atoms with Crippen molar-refractivity contribution in [1.29, 1.82) is 0 Å². The second-order valence-electron chi connectivity index (χ2n) is 4.02. The summed E-state index contributed by atoms with van der Waals surface area (Å²) in [5, 5.41) is 0. The van der Waals surface area contributed by atoms with Gasteiger partial charge in [0.25, 0.3) is 0 Å². The highest BCUT2D eigenvalue weighted by molar-refractivity contribution is 5.88. The van der Waals surface area contributed by atoms with Gasteiger partial charge in [-0.25, -0.2) is 4.79 Å². The minimum absolute atomic E-state index is 0.430. The molecule has 0 fully saturated rings. The van der Waals surface area contributed by atoms with Crippen molar-refractivity contribution in [3.63, 3.8) is 0 Å². The van der Waals surface area contributed by atoms with Crippen molar-refractivity contribution < 1.29 is 19.1 Å². The van der Waals surface area contributed by atoms with E-state index in [0.717, 1.165) is 0 Å². The van der Waals surface area contributed by atoms with Crippen molar-refractivity contribution in [2.45, 2.75) is 46.3 Å². The molecule has 0 heterocycles. The van der Waals surface area contributed by atoms with Crippen LogP contribution in [0.2, 0.25) is 0 Å². The van der Waals surface area contributed by atoms with Crippen LogP contribution in [-0.4, -0.2) is 23.6 Å². The Morgan fingerprint density at radius 3 is 2.20 bits per heavy atom. The molecule has 0 radical (unpaired) electrons. The van der Waals surface area contributed by atoms with Crippen LogP contribution in [0, 0.1) is 11.8 Å². The van der Waals surface area contributed by atoms with Crippen LogP contribution in [0.15, 0.2) is 0 Å². The molecule has 0 spiro atoms. The van der Waals surface area contributed by atoms with E-state index in [1.807, 2.05) is 0 Å². The van der Waals surface area contributed by atoms with Crippen LogP contribution < -0.4 is 0 Å². The average molecular weight is 212 g/mol. The smallest absolute Gasteiger partial charge is 0.384 e. The zero-order chi connectivity index (χ0) is 12.1. The van der Waals surface area contributed by atoms with Crippen molar-refractivity contribution in [1.82, 2.24) is 0 Å². The molecule has 15 heavy (non-hydrogen) atoms. The minimum atomic E-state index is -0.624. The van der Waals surface area contributed by atoms with Crippen LogP contribution in [0.4, 0.5) is 0 Å². The number of hydrogen-bond donors (Lipinski definition) is 0. The number of hydrogen-bond acceptors (Lipinski definition) is 4. The van der Waals surface area contributed by atoms with Crippen molar-refractivity contribution in [2.24, 2.45) is 0 Å². The quantitative estimate of drug-likeness (QED) is 0.373. The summed E-state index contributed by atoms with van der Waals surface area (Å²) < 4.78 is 9.65. The van der Waals surface area contributed by atoms with Crippen LogP contribution in [0.5, 0.6) is 0 Å². The van der Waals surface area contributed by atoms with Gasteiger partial charge < -0.3 is 9.47 Å². The third kappa shape index (κ3) is 8.82. The molecule has 0 aromatic rings. The van der Waals surface area contributed by atoms with Crippen molar-refractivity contribution in [3.05, 3.63) is 0 Å². The molecular weight excluding hydrogens is 196 g/mol. The normalized spacial score (nSPS) is 12.1. The molecule has 0 saturated carbocycles. The molecule has 0 amide bonds. The zero-order valence-electron chi connectivity index (χ0n) is 9.71. The minimum Gasteiger partial charge on any atom is -0.450 e. The molecule has 0 aliphatic carbocycles. The average Bonchev–Trinajstić information content (AvgIpc) is 1.96. The first-order valence-electron chi connectivity index (χ1n) is 4.62. The number of ether oxygens (including phenoxy) is 2. The van der Waals surface area contributed by atoms with Gasteiger partial charge in [0.15, 0.2) is 6.10 Å². The highest BCUT2D eigenvalue weighted by atomic mass is 16.6. The number of carbonyl (C=O) groups is 2. The molecule has 0 aromatic carbocycles. The lowest BCUT2D eigenvalue weighted by Crippen LogP contribution is -2.23. The van der Waals surface area contributed by atoms with Crippen LogP contribution in [0.3, 0.4) is 0 Å². The van der Waals surface area contributed by atoms with Crippen LogP contribution in [-0.2, 0) is 19.1 Å². The van der Waals surface area contributed by atoms with E-state index in [4.69, 9.17) is 9.47 Å². The van der Waals surface area contributed by atoms with E-state index in [9.17, 15) is 9.59 Å². The van der Waals surface area contributed by atoms with Gasteiger partial charge in [0.2, 0.25) is 0 Å². The van der Waals surface area contributed by atoms with Gasteiger partial charge in [0, 0.05) is 12.8 Å². The maximum Gasteiger partial charge on any atom is 0.384 e. The Bertz CT molecular complexity index is 301. The van der Waals surface area contributed by atoms with E-state index in [-0.39, 0.29) is 0 Å². The fourth-order valence-electron chi connectivity index (χ4n) is 0.743. The largest absolute Gasteiger partial charge is 0.450 e. The highest BCUT2D eigenvalue weighted by Gasteiger charge is 2.14. The van der Waals surface area contributed by atoms with E-state index in [1.165, 1.54) is 6.92 Å². The summed E-state index contributed by atoms with van der Waals surface area (Å²) in [6.45, 7) is 8.12. The monoisotopic (exact) mass is 212 g/mol. The summed E-state index contributed by atoms with van der Waals surface area (Å²) >= 11 is 0. The molecule has 0 aromatic heterocycles. The fraction of sp³-hybridized carbons (Fsp3) is 0.636. The summed E-state index contributed by atoms with van der Waals surface area (Å²) in [4.78, 5) is 21.6. The number of carbonyl (C=O) groups excluding carboxylic acids is 2. The Kier molecular flexibility index (Phi) is 4.86. The summed E-state index contributed by atoms with van der Waals surface area (Å²) in [5.41, 5.74) is -0.559. The SMILES string of the molecule is CC(=O)O[C@@H](C)C#CC(=O)OC(C)(C)C. The van der Waals surface area contributed by atoms with E-state index in [0.29, 0.717) is 0 Å². The summed E-state index contributed by atoms with van der Waals surface area (Å²) in [6, 6.07) is 0. The molecule has 0 aliphatic heterocycles. The summed E-state index contributed by atoms with van der Waals surface area (Å²) in [5.74, 6) is 3.67. The Labute approximate surface area is 89.9 Å². The molecule has 0 saturated heterocycles.